The van der Waals surface area contributed by atoms with E-state index in [4.69, 9.17) is 0 Å². The largest absolute Gasteiger partial charge is 4.00 e. The minimum atomic E-state index is -0.0252. The SMILES string of the molecule is CCC(C)P(c1cc2ccccc2[cH-]1)C(C)CC.CCCC(C)C1=[C-]CC=C1.[Cl-].[Cl-].[Zr+4]. The number of halogens is 2. The molecule has 0 fully saturated rings. The molecule has 31 heavy (non-hydrogen) atoms. The van der Waals surface area contributed by atoms with Crippen molar-refractivity contribution in [3.63, 3.8) is 0 Å². The zero-order valence-electron chi connectivity index (χ0n) is 20.1. The molecule has 170 valence electrons. The molecule has 0 radical (unpaired) electrons. The van der Waals surface area contributed by atoms with Gasteiger partial charge in [-0.05, 0) is 30.6 Å². The summed E-state index contributed by atoms with van der Waals surface area (Å²) in [6, 6.07) is 13.6. The van der Waals surface area contributed by atoms with Crippen LogP contribution >= 0.6 is 7.92 Å². The maximum atomic E-state index is 3.35. The van der Waals surface area contributed by atoms with E-state index in [9.17, 15) is 0 Å². The first-order chi connectivity index (χ1) is 13.5. The van der Waals surface area contributed by atoms with Gasteiger partial charge in [0.05, 0.1) is 0 Å². The molecule has 3 atom stereocenters. The number of rotatable bonds is 8. The summed E-state index contributed by atoms with van der Waals surface area (Å²) in [5.41, 5.74) is 3.07. The van der Waals surface area contributed by atoms with Gasteiger partial charge in [-0.2, -0.15) is 12.1 Å². The second-order valence-electron chi connectivity index (χ2n) is 8.19. The van der Waals surface area contributed by atoms with Crippen molar-refractivity contribution < 1.29 is 51.0 Å². The Morgan fingerprint density at radius 1 is 1.00 bits per heavy atom. The molecule has 0 bridgehead atoms. The van der Waals surface area contributed by atoms with Crippen molar-refractivity contribution in [3.05, 3.63) is 60.2 Å². The van der Waals surface area contributed by atoms with Crippen molar-refractivity contribution in [2.24, 2.45) is 5.92 Å². The van der Waals surface area contributed by atoms with Gasteiger partial charge in [-0.1, -0.05) is 67.9 Å². The molecule has 0 spiro atoms. The first-order valence-corrected chi connectivity index (χ1v) is 12.7. The molecule has 0 amide bonds. The van der Waals surface area contributed by atoms with Crippen molar-refractivity contribution in [1.82, 2.24) is 0 Å². The first-order valence-electron chi connectivity index (χ1n) is 11.2. The number of fused-ring (bicyclic) bond motifs is 1. The molecule has 2 aromatic carbocycles. The molecule has 0 saturated heterocycles. The third kappa shape index (κ3) is 9.92. The van der Waals surface area contributed by atoms with Gasteiger partial charge < -0.3 is 24.8 Å². The molecule has 2 aromatic rings. The zero-order chi connectivity index (χ0) is 20.5. The van der Waals surface area contributed by atoms with Crippen molar-refractivity contribution in [1.29, 1.82) is 0 Å². The van der Waals surface area contributed by atoms with Crippen LogP contribution in [0.4, 0.5) is 0 Å². The van der Waals surface area contributed by atoms with Gasteiger partial charge in [-0.25, -0.2) is 11.6 Å². The molecule has 0 nitrogen and oxygen atoms in total. The van der Waals surface area contributed by atoms with Gasteiger partial charge in [0.25, 0.3) is 0 Å². The predicted molar refractivity (Wildman–Crippen MR) is 130 cm³/mol. The van der Waals surface area contributed by atoms with E-state index in [0.717, 1.165) is 23.7 Å². The Morgan fingerprint density at radius 3 is 2.10 bits per heavy atom. The minimum absolute atomic E-state index is 0. The Kier molecular flexibility index (Phi) is 19.0. The zero-order valence-corrected chi connectivity index (χ0v) is 25.0. The van der Waals surface area contributed by atoms with Crippen LogP contribution in [0.1, 0.15) is 73.6 Å². The maximum absolute atomic E-state index is 3.35. The van der Waals surface area contributed by atoms with Gasteiger partial charge in [0.1, 0.15) is 0 Å². The van der Waals surface area contributed by atoms with Crippen LogP contribution in [-0.4, -0.2) is 11.3 Å². The fourth-order valence-electron chi connectivity index (χ4n) is 3.97. The van der Waals surface area contributed by atoms with Gasteiger partial charge >= 0.3 is 26.2 Å². The van der Waals surface area contributed by atoms with E-state index in [1.54, 1.807) is 5.30 Å². The van der Waals surface area contributed by atoms with Crippen molar-refractivity contribution >= 4 is 24.0 Å². The fraction of sp³-hybridized carbons (Fsp3) is 0.519. The van der Waals surface area contributed by atoms with Crippen LogP contribution in [0, 0.1) is 12.0 Å². The summed E-state index contributed by atoms with van der Waals surface area (Å²) in [5, 5.41) is 4.42. The van der Waals surface area contributed by atoms with Crippen molar-refractivity contribution in [2.75, 3.05) is 0 Å². The van der Waals surface area contributed by atoms with E-state index in [0.29, 0.717) is 0 Å². The van der Waals surface area contributed by atoms with Crippen molar-refractivity contribution in [2.45, 2.75) is 85.0 Å². The van der Waals surface area contributed by atoms with Gasteiger partial charge in [0, 0.05) is 0 Å². The molecular weight excluding hydrogens is 517 g/mol. The van der Waals surface area contributed by atoms with Gasteiger partial charge in [-0.15, -0.1) is 46.8 Å². The number of hydrogen-bond acceptors (Lipinski definition) is 0. The van der Waals surface area contributed by atoms with Crippen LogP contribution in [0.2, 0.25) is 0 Å². The Balaban J connectivity index is 0. The average molecular weight is 557 g/mol. The van der Waals surface area contributed by atoms with E-state index in [2.05, 4.69) is 96.2 Å². The third-order valence-corrected chi connectivity index (χ3v) is 9.49. The molecule has 0 aromatic heterocycles. The Bertz CT molecular complexity index is 737. The number of allylic oxidation sites excluding steroid dienone is 4. The fourth-order valence-corrected chi connectivity index (χ4v) is 7.22. The standard InChI is InChI=1S/C17H24P.C10H15.2ClH.Zr/c1-5-13(3)18(14(4)6-2)17-11-15-9-7-8-10-16(15)12-17;1-3-6-9(2)10-7-4-5-8-10;;;/h7-14H,5-6H2,1-4H3;4,7,9H,3,5-6H2,1-2H3;2*1H;/q2*-1;;;+4/p-2. The van der Waals surface area contributed by atoms with Crippen molar-refractivity contribution in [3.8, 4) is 0 Å². The minimum Gasteiger partial charge on any atom is -1.00 e. The summed E-state index contributed by atoms with van der Waals surface area (Å²) in [5.74, 6) is 0.726. The molecule has 3 rings (SSSR count). The maximum Gasteiger partial charge on any atom is 4.00 e. The third-order valence-electron chi connectivity index (χ3n) is 6.01. The summed E-state index contributed by atoms with van der Waals surface area (Å²) in [6.45, 7) is 14.0. The number of benzene rings is 1. The monoisotopic (exact) mass is 554 g/mol. The van der Waals surface area contributed by atoms with Crippen LogP contribution < -0.4 is 30.1 Å². The van der Waals surface area contributed by atoms with E-state index < -0.39 is 0 Å². The molecular formula is C27H39Cl2PZr. The Hall–Kier alpha value is 0.203. The second-order valence-corrected chi connectivity index (χ2v) is 11.3. The van der Waals surface area contributed by atoms with Gasteiger partial charge in [0.15, 0.2) is 0 Å². The summed E-state index contributed by atoms with van der Waals surface area (Å²) in [6.07, 6.45) is 13.9. The Morgan fingerprint density at radius 2 is 1.61 bits per heavy atom. The van der Waals surface area contributed by atoms with Gasteiger partial charge in [-0.3, -0.25) is 6.08 Å². The molecule has 0 N–H and O–H groups in total. The summed E-state index contributed by atoms with van der Waals surface area (Å²) >= 11 is 0. The first kappa shape index (κ1) is 33.4. The smallest absolute Gasteiger partial charge is 1.00 e. The van der Waals surface area contributed by atoms with E-state index >= 15 is 0 Å². The molecule has 1 aliphatic carbocycles. The molecule has 3 unspecified atom stereocenters. The van der Waals surface area contributed by atoms with Crippen LogP contribution in [0.25, 0.3) is 10.8 Å². The van der Waals surface area contributed by atoms with E-state index in [-0.39, 0.29) is 58.9 Å². The van der Waals surface area contributed by atoms with Gasteiger partial charge in [0.2, 0.25) is 0 Å². The molecule has 0 heterocycles. The quantitative estimate of drug-likeness (QED) is 0.346. The van der Waals surface area contributed by atoms with Crippen LogP contribution in [0.15, 0.2) is 54.1 Å². The summed E-state index contributed by atoms with van der Waals surface area (Å²) < 4.78 is 0. The van der Waals surface area contributed by atoms with E-state index in [1.807, 2.05) is 0 Å². The van der Waals surface area contributed by atoms with E-state index in [1.165, 1.54) is 42.0 Å². The van der Waals surface area contributed by atoms with Crippen LogP contribution in [-0.2, 0) is 26.2 Å². The normalized spacial score (nSPS) is 15.9. The molecule has 0 saturated carbocycles. The Labute approximate surface area is 224 Å². The summed E-state index contributed by atoms with van der Waals surface area (Å²) in [7, 11) is -0.0252. The van der Waals surface area contributed by atoms with Crippen LogP contribution in [0.5, 0.6) is 0 Å². The molecule has 0 aliphatic heterocycles. The molecule has 4 heteroatoms. The summed E-state index contributed by atoms with van der Waals surface area (Å²) in [4.78, 5) is 0. The topological polar surface area (TPSA) is 0 Å². The van der Waals surface area contributed by atoms with Crippen LogP contribution in [0.3, 0.4) is 0 Å². The average Bonchev–Trinajstić information content (AvgIpc) is 3.38. The molecule has 1 aliphatic rings. The second kappa shape index (κ2) is 17.6. The number of hydrogen-bond donors (Lipinski definition) is 0. The predicted octanol–water partition coefficient (Wildman–Crippen LogP) is 2.38.